The molecule has 6 heteroatoms. The Morgan fingerprint density at radius 3 is 0.802 bits per heavy atom. The predicted molar refractivity (Wildman–Crippen MR) is 353 cm³/mol. The van der Waals surface area contributed by atoms with E-state index in [1.807, 2.05) is 6.08 Å². The lowest BCUT2D eigenvalue weighted by molar-refractivity contribution is -0.166. The highest BCUT2D eigenvalue weighted by atomic mass is 16.6. The van der Waals surface area contributed by atoms with Crippen molar-refractivity contribution in [2.45, 2.75) is 309 Å². The highest BCUT2D eigenvalue weighted by Crippen LogP contribution is 2.16. The molecule has 0 amide bonds. The average Bonchev–Trinajstić information content (AvgIpc) is 3.47. The van der Waals surface area contributed by atoms with Gasteiger partial charge in [-0.25, -0.2) is 0 Å². The van der Waals surface area contributed by atoms with Crippen LogP contribution in [0.25, 0.3) is 0 Å². The number of carbonyl (C=O) groups excluding carboxylic acids is 3. The van der Waals surface area contributed by atoms with Gasteiger partial charge in [0.2, 0.25) is 0 Å². The number of hydrogen-bond donors (Lipinski definition) is 0. The van der Waals surface area contributed by atoms with Crippen molar-refractivity contribution in [3.8, 4) is 0 Å². The van der Waals surface area contributed by atoms with Crippen LogP contribution in [0.15, 0.2) is 134 Å². The van der Waals surface area contributed by atoms with Gasteiger partial charge in [-0.05, 0) is 122 Å². The Morgan fingerprint density at radius 1 is 0.259 bits per heavy atom. The van der Waals surface area contributed by atoms with Gasteiger partial charge in [0, 0.05) is 19.3 Å². The number of carbonyl (C=O) groups is 3. The standard InChI is InChI=1S/C75H124O6/c1-4-7-10-13-16-19-22-25-28-31-33-34-35-36-37-38-39-40-42-44-47-50-53-56-59-62-65-68-74(77)80-71-72(70-79-73(76)67-64-61-58-55-52-49-46-43-30-27-24-21-18-15-12-9-6-3)81-75(78)69-66-63-60-57-54-51-48-45-41-32-29-26-23-20-17-14-11-8-5-2/h8-9,11-12,17-18,20-22,25-27,29-31,33,41,45,51,54,60,63,72H,4-7,10,13-16,19,23-24,28,32,34-40,42-44,46-50,52-53,55-59,61-62,64-71H2,1-3H3/b11-8-,12-9-,20-17-,21-18-,25-22-,29-26-,30-27-,33-31-,45-41-,54-51-,63-60-. The van der Waals surface area contributed by atoms with Gasteiger partial charge in [0.25, 0.3) is 0 Å². The van der Waals surface area contributed by atoms with Crippen molar-refractivity contribution in [1.29, 1.82) is 0 Å². The number of esters is 3. The molecule has 81 heavy (non-hydrogen) atoms. The fourth-order valence-corrected chi connectivity index (χ4v) is 9.16. The molecule has 0 saturated heterocycles. The highest BCUT2D eigenvalue weighted by Gasteiger charge is 2.19. The Bertz CT molecular complexity index is 1720. The van der Waals surface area contributed by atoms with E-state index in [1.165, 1.54) is 148 Å². The average molecular weight is 1120 g/mol. The largest absolute Gasteiger partial charge is 0.462 e. The van der Waals surface area contributed by atoms with E-state index < -0.39 is 12.1 Å². The van der Waals surface area contributed by atoms with Gasteiger partial charge in [-0.15, -0.1) is 0 Å². The first-order valence-corrected chi connectivity index (χ1v) is 33.7. The van der Waals surface area contributed by atoms with E-state index >= 15 is 0 Å². The monoisotopic (exact) mass is 1120 g/mol. The molecule has 6 nitrogen and oxygen atoms in total. The van der Waals surface area contributed by atoms with E-state index in [0.717, 1.165) is 109 Å². The van der Waals surface area contributed by atoms with Crippen LogP contribution in [0.2, 0.25) is 0 Å². The van der Waals surface area contributed by atoms with Gasteiger partial charge in [0.15, 0.2) is 6.10 Å². The second kappa shape index (κ2) is 68.1. The van der Waals surface area contributed by atoms with Crippen molar-refractivity contribution in [2.75, 3.05) is 13.2 Å². The molecule has 0 radical (unpaired) electrons. The highest BCUT2D eigenvalue weighted by molar-refractivity contribution is 5.71. The maximum atomic E-state index is 12.9. The molecule has 0 aromatic rings. The molecule has 0 aliphatic rings. The summed E-state index contributed by atoms with van der Waals surface area (Å²) < 4.78 is 16.9. The van der Waals surface area contributed by atoms with Crippen molar-refractivity contribution in [3.05, 3.63) is 134 Å². The molecule has 0 aliphatic carbocycles. The van der Waals surface area contributed by atoms with E-state index in [9.17, 15) is 14.4 Å². The fraction of sp³-hybridized carbons (Fsp3) is 0.667. The van der Waals surface area contributed by atoms with Gasteiger partial charge in [-0.3, -0.25) is 14.4 Å². The Labute approximate surface area is 500 Å². The molecule has 0 saturated carbocycles. The molecule has 0 aromatic carbocycles. The van der Waals surface area contributed by atoms with Gasteiger partial charge in [-0.2, -0.15) is 0 Å². The molecular weight excluding hydrogens is 997 g/mol. The maximum absolute atomic E-state index is 12.9. The third-order valence-electron chi connectivity index (χ3n) is 14.1. The summed E-state index contributed by atoms with van der Waals surface area (Å²) in [6.45, 7) is 6.36. The minimum atomic E-state index is -0.829. The first-order chi connectivity index (χ1) is 40.0. The molecule has 0 aromatic heterocycles. The van der Waals surface area contributed by atoms with Crippen LogP contribution in [-0.4, -0.2) is 37.2 Å². The van der Waals surface area contributed by atoms with E-state index in [0.29, 0.717) is 19.3 Å². The molecule has 1 atom stereocenters. The zero-order valence-electron chi connectivity index (χ0n) is 52.8. The van der Waals surface area contributed by atoms with Gasteiger partial charge < -0.3 is 14.2 Å². The lowest BCUT2D eigenvalue weighted by atomic mass is 10.0. The van der Waals surface area contributed by atoms with Crippen LogP contribution in [0.1, 0.15) is 303 Å². The zero-order chi connectivity index (χ0) is 58.5. The zero-order valence-corrected chi connectivity index (χ0v) is 52.8. The molecule has 0 bridgehead atoms. The van der Waals surface area contributed by atoms with Gasteiger partial charge in [-0.1, -0.05) is 296 Å². The van der Waals surface area contributed by atoms with Crippen molar-refractivity contribution in [1.82, 2.24) is 0 Å². The Balaban J connectivity index is 4.42. The van der Waals surface area contributed by atoms with Crippen molar-refractivity contribution >= 4 is 17.9 Å². The molecule has 1 unspecified atom stereocenters. The summed E-state index contributed by atoms with van der Waals surface area (Å²) >= 11 is 0. The lowest BCUT2D eigenvalue weighted by Crippen LogP contribution is -2.30. The summed E-state index contributed by atoms with van der Waals surface area (Å²) in [4.78, 5) is 38.4. The summed E-state index contributed by atoms with van der Waals surface area (Å²) in [6, 6.07) is 0. The summed E-state index contributed by atoms with van der Waals surface area (Å²) in [5, 5.41) is 0. The summed E-state index contributed by atoms with van der Waals surface area (Å²) in [6.07, 6.45) is 96.2. The normalized spacial score (nSPS) is 13.0. The van der Waals surface area contributed by atoms with E-state index in [2.05, 4.69) is 148 Å². The summed E-state index contributed by atoms with van der Waals surface area (Å²) in [7, 11) is 0. The number of ether oxygens (including phenoxy) is 3. The Morgan fingerprint density at radius 2 is 0.506 bits per heavy atom. The Hall–Kier alpha value is -4.45. The number of rotatable bonds is 60. The molecule has 0 spiro atoms. The number of unbranched alkanes of at least 4 members (excludes halogenated alkanes) is 27. The van der Waals surface area contributed by atoms with Crippen LogP contribution < -0.4 is 0 Å². The first-order valence-electron chi connectivity index (χ1n) is 33.7. The van der Waals surface area contributed by atoms with Crippen LogP contribution in [0, 0.1) is 0 Å². The maximum Gasteiger partial charge on any atom is 0.306 e. The van der Waals surface area contributed by atoms with Crippen LogP contribution in [0.4, 0.5) is 0 Å². The second-order valence-corrected chi connectivity index (χ2v) is 22.0. The Kier molecular flexibility index (Phi) is 64.3. The molecule has 0 heterocycles. The van der Waals surface area contributed by atoms with Gasteiger partial charge in [0.1, 0.15) is 13.2 Å². The number of allylic oxidation sites excluding steroid dienone is 22. The summed E-state index contributed by atoms with van der Waals surface area (Å²) in [5.41, 5.74) is 0. The molecular formula is C75H124O6. The first kappa shape index (κ1) is 76.5. The number of hydrogen-bond acceptors (Lipinski definition) is 6. The molecule has 0 N–H and O–H groups in total. The predicted octanol–water partition coefficient (Wildman–Crippen LogP) is 23.3. The second-order valence-electron chi connectivity index (χ2n) is 22.0. The smallest absolute Gasteiger partial charge is 0.306 e. The minimum absolute atomic E-state index is 0.114. The third kappa shape index (κ3) is 66.2. The van der Waals surface area contributed by atoms with E-state index in [-0.39, 0.29) is 31.6 Å². The van der Waals surface area contributed by atoms with Crippen LogP contribution in [-0.2, 0) is 28.6 Å². The van der Waals surface area contributed by atoms with Crippen LogP contribution in [0.5, 0.6) is 0 Å². The van der Waals surface area contributed by atoms with Crippen LogP contribution in [0.3, 0.4) is 0 Å². The van der Waals surface area contributed by atoms with E-state index in [4.69, 9.17) is 14.2 Å². The van der Waals surface area contributed by atoms with Gasteiger partial charge in [0.05, 0.1) is 0 Å². The van der Waals surface area contributed by atoms with Gasteiger partial charge >= 0.3 is 17.9 Å². The van der Waals surface area contributed by atoms with Crippen LogP contribution >= 0.6 is 0 Å². The quantitative estimate of drug-likeness (QED) is 0.0261. The minimum Gasteiger partial charge on any atom is -0.462 e. The topological polar surface area (TPSA) is 78.9 Å². The van der Waals surface area contributed by atoms with Crippen molar-refractivity contribution in [3.63, 3.8) is 0 Å². The third-order valence-corrected chi connectivity index (χ3v) is 14.1. The van der Waals surface area contributed by atoms with Crippen molar-refractivity contribution in [2.24, 2.45) is 0 Å². The molecule has 0 aliphatic heterocycles. The molecule has 0 fully saturated rings. The fourth-order valence-electron chi connectivity index (χ4n) is 9.16. The summed E-state index contributed by atoms with van der Waals surface area (Å²) in [5.74, 6) is -1.00. The van der Waals surface area contributed by atoms with E-state index in [1.54, 1.807) is 0 Å². The molecule has 0 rings (SSSR count). The lowest BCUT2D eigenvalue weighted by Gasteiger charge is -2.18. The SMILES string of the molecule is CC/C=C\C/C=C\C/C=C\C/C=C\C/C=C\C/C=C\CCC(=O)OC(COC(=O)CCCCCCCCC/C=C\C/C=C\C/C=C\CC)COC(=O)CCCCCCCCCCCCCCCCC/C=C\C/C=C\CCCCCCC. The molecule has 460 valence electrons. The van der Waals surface area contributed by atoms with Crippen molar-refractivity contribution < 1.29 is 28.6 Å².